The fourth-order valence-electron chi connectivity index (χ4n) is 2.72. The van der Waals surface area contributed by atoms with Crippen LogP contribution in [0, 0.1) is 0 Å². The highest BCUT2D eigenvalue weighted by atomic mass is 19.4. The summed E-state index contributed by atoms with van der Waals surface area (Å²) in [6.07, 6.45) is -4.55. The van der Waals surface area contributed by atoms with Gasteiger partial charge in [-0.3, -0.25) is 9.78 Å². The molecule has 3 nitrogen and oxygen atoms in total. The lowest BCUT2D eigenvalue weighted by Crippen LogP contribution is -2.24. The molecule has 1 aromatic heterocycles. The highest BCUT2D eigenvalue weighted by Gasteiger charge is 2.43. The molecule has 0 saturated carbocycles. The average molecular weight is 330 g/mol. The molecule has 3 aromatic rings. The predicted octanol–water partition coefficient (Wildman–Crippen LogP) is 4.03. The van der Waals surface area contributed by atoms with Crippen LogP contribution >= 0.6 is 0 Å². The van der Waals surface area contributed by atoms with Crippen molar-refractivity contribution in [2.75, 3.05) is 0 Å². The van der Waals surface area contributed by atoms with Gasteiger partial charge < -0.3 is 5.73 Å². The fourth-order valence-corrected chi connectivity index (χ4v) is 2.72. The predicted molar refractivity (Wildman–Crippen MR) is 84.6 cm³/mol. The second-order valence-electron chi connectivity index (χ2n) is 5.36. The third-order valence-electron chi connectivity index (χ3n) is 3.76. The number of hydrogen-bond acceptors (Lipinski definition) is 2. The first-order chi connectivity index (χ1) is 11.4. The highest BCUT2D eigenvalue weighted by Crippen LogP contribution is 2.40. The summed E-state index contributed by atoms with van der Waals surface area (Å²) in [6, 6.07) is 15.1. The van der Waals surface area contributed by atoms with E-state index in [1.165, 1.54) is 24.3 Å². The number of fused-ring (bicyclic) bond motifs is 1. The molecule has 0 aliphatic carbocycles. The van der Waals surface area contributed by atoms with Crippen LogP contribution in [0.3, 0.4) is 0 Å². The maximum atomic E-state index is 13.7. The zero-order chi connectivity index (χ0) is 17.3. The molecule has 2 N–H and O–H groups in total. The zero-order valence-corrected chi connectivity index (χ0v) is 12.4. The smallest absolute Gasteiger partial charge is 0.366 e. The Balaban J connectivity index is 2.27. The van der Waals surface area contributed by atoms with Crippen LogP contribution in [0.1, 0.15) is 27.5 Å². The van der Waals surface area contributed by atoms with Crippen molar-refractivity contribution in [2.24, 2.45) is 5.73 Å². The largest absolute Gasteiger partial charge is 0.401 e. The molecule has 1 amide bonds. The SMILES string of the molecule is NC(=O)c1cc(C(c2ccccc2)C(F)(F)F)nc2ccccc12. The van der Waals surface area contributed by atoms with Gasteiger partial charge in [0.1, 0.15) is 5.92 Å². The van der Waals surface area contributed by atoms with Gasteiger partial charge in [0.05, 0.1) is 16.8 Å². The number of nitrogens with two attached hydrogens (primary N) is 1. The van der Waals surface area contributed by atoms with Gasteiger partial charge in [-0.2, -0.15) is 13.2 Å². The molecule has 1 atom stereocenters. The van der Waals surface area contributed by atoms with E-state index in [9.17, 15) is 18.0 Å². The van der Waals surface area contributed by atoms with E-state index in [1.54, 1.807) is 30.3 Å². The van der Waals surface area contributed by atoms with E-state index >= 15 is 0 Å². The van der Waals surface area contributed by atoms with Crippen molar-refractivity contribution < 1.29 is 18.0 Å². The molecular weight excluding hydrogens is 317 g/mol. The van der Waals surface area contributed by atoms with Gasteiger partial charge in [-0.1, -0.05) is 48.5 Å². The summed E-state index contributed by atoms with van der Waals surface area (Å²) in [5, 5.41) is 0.433. The van der Waals surface area contributed by atoms with Gasteiger partial charge in [-0.05, 0) is 17.7 Å². The van der Waals surface area contributed by atoms with Crippen LogP contribution in [0.4, 0.5) is 13.2 Å². The van der Waals surface area contributed by atoms with Gasteiger partial charge in [-0.25, -0.2) is 0 Å². The summed E-state index contributed by atoms with van der Waals surface area (Å²) in [7, 11) is 0. The molecule has 0 fully saturated rings. The van der Waals surface area contributed by atoms with E-state index in [1.807, 2.05) is 0 Å². The molecule has 0 saturated heterocycles. The number of primary amides is 1. The standard InChI is InChI=1S/C18H13F3N2O/c19-18(20,21)16(11-6-2-1-3-7-11)15-10-13(17(22)24)12-8-4-5-9-14(12)23-15/h1-10,16H,(H2,22,24). The summed E-state index contributed by atoms with van der Waals surface area (Å²) in [6.45, 7) is 0. The fraction of sp³-hybridized carbons (Fsp3) is 0.111. The Labute approximate surface area is 135 Å². The number of amides is 1. The second-order valence-corrected chi connectivity index (χ2v) is 5.36. The summed E-state index contributed by atoms with van der Waals surface area (Å²) in [4.78, 5) is 15.8. The number of nitrogens with zero attached hydrogens (tertiary/aromatic N) is 1. The van der Waals surface area contributed by atoms with Crippen LogP contribution in [0.25, 0.3) is 10.9 Å². The molecule has 1 unspecified atom stereocenters. The Kier molecular flexibility index (Phi) is 3.97. The number of aromatic nitrogens is 1. The quantitative estimate of drug-likeness (QED) is 0.788. The van der Waals surface area contributed by atoms with Crippen LogP contribution in [-0.4, -0.2) is 17.1 Å². The van der Waals surface area contributed by atoms with Crippen molar-refractivity contribution in [3.05, 3.63) is 77.5 Å². The number of carbonyl (C=O) groups excluding carboxylic acids is 1. The van der Waals surface area contributed by atoms with Crippen molar-refractivity contribution in [3.8, 4) is 0 Å². The maximum Gasteiger partial charge on any atom is 0.401 e. The van der Waals surface area contributed by atoms with Crippen LogP contribution < -0.4 is 5.73 Å². The van der Waals surface area contributed by atoms with Crippen molar-refractivity contribution in [3.63, 3.8) is 0 Å². The van der Waals surface area contributed by atoms with Gasteiger partial charge in [-0.15, -0.1) is 0 Å². The molecule has 6 heteroatoms. The first kappa shape index (κ1) is 16.0. The summed E-state index contributed by atoms with van der Waals surface area (Å²) in [5.74, 6) is -2.72. The van der Waals surface area contributed by atoms with Crippen molar-refractivity contribution >= 4 is 16.8 Å². The molecule has 0 radical (unpaired) electrons. The van der Waals surface area contributed by atoms with E-state index in [0.717, 1.165) is 6.07 Å². The van der Waals surface area contributed by atoms with Gasteiger partial charge in [0.2, 0.25) is 5.91 Å². The normalized spacial score (nSPS) is 13.0. The molecule has 1 heterocycles. The minimum Gasteiger partial charge on any atom is -0.366 e. The van der Waals surface area contributed by atoms with Gasteiger partial charge in [0, 0.05) is 5.39 Å². The lowest BCUT2D eigenvalue weighted by Gasteiger charge is -2.21. The number of para-hydroxylation sites is 1. The van der Waals surface area contributed by atoms with Gasteiger partial charge >= 0.3 is 6.18 Å². The number of benzene rings is 2. The van der Waals surface area contributed by atoms with Crippen molar-refractivity contribution in [1.29, 1.82) is 0 Å². The molecule has 3 rings (SSSR count). The van der Waals surface area contributed by atoms with E-state index in [0.29, 0.717) is 10.9 Å². The van der Waals surface area contributed by atoms with Crippen LogP contribution in [0.15, 0.2) is 60.7 Å². The number of rotatable bonds is 3. The number of alkyl halides is 3. The lowest BCUT2D eigenvalue weighted by molar-refractivity contribution is -0.141. The summed E-state index contributed by atoms with van der Waals surface area (Å²) in [5.41, 5.74) is 5.49. The molecule has 0 aliphatic rings. The Bertz CT molecular complexity index is 892. The summed E-state index contributed by atoms with van der Waals surface area (Å²) >= 11 is 0. The van der Waals surface area contributed by atoms with Gasteiger partial charge in [0.15, 0.2) is 0 Å². The minimum absolute atomic E-state index is 0.0285. The molecule has 2 aromatic carbocycles. The van der Waals surface area contributed by atoms with E-state index < -0.39 is 18.0 Å². The van der Waals surface area contributed by atoms with E-state index in [2.05, 4.69) is 4.98 Å². The molecule has 24 heavy (non-hydrogen) atoms. The zero-order valence-electron chi connectivity index (χ0n) is 12.4. The highest BCUT2D eigenvalue weighted by molar-refractivity contribution is 6.05. The third-order valence-corrected chi connectivity index (χ3v) is 3.76. The number of carbonyl (C=O) groups is 1. The molecule has 0 bridgehead atoms. The lowest BCUT2D eigenvalue weighted by atomic mass is 9.92. The molecular formula is C18H13F3N2O. The van der Waals surface area contributed by atoms with Crippen LogP contribution in [-0.2, 0) is 0 Å². The third kappa shape index (κ3) is 2.95. The van der Waals surface area contributed by atoms with Crippen LogP contribution in [0.5, 0.6) is 0 Å². The monoisotopic (exact) mass is 330 g/mol. The second kappa shape index (κ2) is 5.96. The molecule has 0 aliphatic heterocycles. The molecule has 122 valence electrons. The Morgan fingerprint density at radius 1 is 1.00 bits per heavy atom. The van der Waals surface area contributed by atoms with Crippen molar-refractivity contribution in [1.82, 2.24) is 4.98 Å². The molecule has 0 spiro atoms. The Hall–Kier alpha value is -2.89. The first-order valence-electron chi connectivity index (χ1n) is 7.19. The number of halogens is 3. The Morgan fingerprint density at radius 2 is 1.62 bits per heavy atom. The van der Waals surface area contributed by atoms with E-state index in [-0.39, 0.29) is 16.8 Å². The average Bonchev–Trinajstić information content (AvgIpc) is 2.54. The number of pyridine rings is 1. The summed E-state index contributed by atoms with van der Waals surface area (Å²) < 4.78 is 41.0. The first-order valence-corrected chi connectivity index (χ1v) is 7.19. The van der Waals surface area contributed by atoms with Crippen LogP contribution in [0.2, 0.25) is 0 Å². The van der Waals surface area contributed by atoms with Gasteiger partial charge in [0.25, 0.3) is 0 Å². The van der Waals surface area contributed by atoms with E-state index in [4.69, 9.17) is 5.73 Å². The Morgan fingerprint density at radius 3 is 2.25 bits per heavy atom. The number of hydrogen-bond donors (Lipinski definition) is 1. The van der Waals surface area contributed by atoms with Crippen molar-refractivity contribution in [2.45, 2.75) is 12.1 Å². The minimum atomic E-state index is -4.55. The maximum absolute atomic E-state index is 13.7. The topological polar surface area (TPSA) is 56.0 Å².